The van der Waals surface area contributed by atoms with E-state index in [1.54, 1.807) is 0 Å². The number of carbonyl (C=O) groups excluding carboxylic acids is 1. The Morgan fingerprint density at radius 3 is 2.67 bits per heavy atom. The van der Waals surface area contributed by atoms with E-state index >= 15 is 0 Å². The summed E-state index contributed by atoms with van der Waals surface area (Å²) >= 11 is 0. The van der Waals surface area contributed by atoms with Crippen molar-refractivity contribution in [1.82, 2.24) is 0 Å². The number of rotatable bonds is 4. The number of ether oxygens (including phenoxy) is 1. The number of hydrogen-bond donors (Lipinski definition) is 0. The quantitative estimate of drug-likeness (QED) is 0.532. The Labute approximate surface area is 55.5 Å². The fourth-order valence-corrected chi connectivity index (χ4v) is 0.289. The van der Waals surface area contributed by atoms with Crippen molar-refractivity contribution in [3.63, 3.8) is 0 Å². The van der Waals surface area contributed by atoms with Gasteiger partial charge in [0.25, 0.3) is 0 Å². The van der Waals surface area contributed by atoms with Crippen LogP contribution in [0.1, 0.15) is 13.8 Å². The van der Waals surface area contributed by atoms with Crippen molar-refractivity contribution in [1.29, 1.82) is 0 Å². The average molecular weight is 127 g/mol. The maximum absolute atomic E-state index is 9.54. The molecule has 0 aliphatic heterocycles. The molecule has 51 valence electrons. The molecule has 0 unspecified atom stereocenters. The highest BCUT2D eigenvalue weighted by molar-refractivity contribution is 5.38. The summed E-state index contributed by atoms with van der Waals surface area (Å²) in [5.74, 6) is 0.373. The molecular weight excluding hydrogens is 116 g/mol. The van der Waals surface area contributed by atoms with Gasteiger partial charge in [-0.05, 0) is 11.5 Å². The first kappa shape index (κ1) is 8.21. The molecule has 1 radical (unpaired) electrons. The van der Waals surface area contributed by atoms with Crippen molar-refractivity contribution in [3.8, 4) is 0 Å². The van der Waals surface area contributed by atoms with Gasteiger partial charge in [-0.3, -0.25) is 0 Å². The largest absolute Gasteiger partial charge is 0.453 e. The maximum atomic E-state index is 9.54. The molecule has 0 amide bonds. The van der Waals surface area contributed by atoms with Gasteiger partial charge in [-0.15, -0.1) is 0 Å². The molecule has 0 spiro atoms. The van der Waals surface area contributed by atoms with Gasteiger partial charge in [0.2, 0.25) is 0 Å². The summed E-state index contributed by atoms with van der Waals surface area (Å²) < 4.78 is 4.35. The molecule has 0 aliphatic rings. The zero-order valence-corrected chi connectivity index (χ0v) is 5.81. The molecule has 0 saturated carbocycles. The predicted octanol–water partition coefficient (Wildman–Crippen LogP) is 1.28. The maximum Gasteiger partial charge on any atom is 0.417 e. The molecule has 0 heterocycles. The van der Waals surface area contributed by atoms with Crippen LogP contribution in [0.2, 0.25) is 0 Å². The topological polar surface area (TPSA) is 26.3 Å². The lowest BCUT2D eigenvalue weighted by atomic mass is 10.1. The molecule has 0 aromatic carbocycles. The molecule has 0 saturated heterocycles. The summed E-state index contributed by atoms with van der Waals surface area (Å²) in [7, 11) is 0. The van der Waals surface area contributed by atoms with E-state index in [0.717, 1.165) is 5.57 Å². The van der Waals surface area contributed by atoms with Crippen LogP contribution >= 0.6 is 0 Å². The van der Waals surface area contributed by atoms with E-state index in [-0.39, 0.29) is 0 Å². The zero-order chi connectivity index (χ0) is 7.28. The van der Waals surface area contributed by atoms with Crippen molar-refractivity contribution in [2.75, 3.05) is 6.61 Å². The van der Waals surface area contributed by atoms with E-state index in [1.807, 2.05) is 13.8 Å². The van der Waals surface area contributed by atoms with Crippen molar-refractivity contribution in [2.24, 2.45) is 5.92 Å². The molecule has 0 rings (SSSR count). The molecule has 0 aromatic heterocycles. The third-order valence-electron chi connectivity index (χ3n) is 1.13. The molecule has 0 atom stereocenters. The van der Waals surface area contributed by atoms with E-state index < -0.39 is 0 Å². The van der Waals surface area contributed by atoms with Gasteiger partial charge in [0.05, 0.1) is 0 Å². The smallest absolute Gasteiger partial charge is 0.417 e. The third kappa shape index (κ3) is 3.76. The summed E-state index contributed by atoms with van der Waals surface area (Å²) in [6, 6.07) is 0. The first-order valence-corrected chi connectivity index (χ1v) is 2.85. The highest BCUT2D eigenvalue weighted by atomic mass is 16.5. The van der Waals surface area contributed by atoms with Crippen molar-refractivity contribution >= 4 is 6.47 Å². The zero-order valence-electron chi connectivity index (χ0n) is 5.81. The summed E-state index contributed by atoms with van der Waals surface area (Å²) in [4.78, 5) is 9.54. The van der Waals surface area contributed by atoms with Gasteiger partial charge in [-0.25, -0.2) is 4.79 Å². The van der Waals surface area contributed by atoms with Gasteiger partial charge in [0.1, 0.15) is 6.61 Å². The minimum absolute atomic E-state index is 0.293. The fraction of sp³-hybridized carbons (Fsp3) is 0.571. The van der Waals surface area contributed by atoms with Crippen LogP contribution in [0.4, 0.5) is 0 Å². The number of hydrogen-bond acceptors (Lipinski definition) is 2. The van der Waals surface area contributed by atoms with Crippen LogP contribution in [0.3, 0.4) is 0 Å². The predicted molar refractivity (Wildman–Crippen MR) is 35.6 cm³/mol. The Kier molecular flexibility index (Phi) is 3.76. The van der Waals surface area contributed by atoms with Crippen LogP contribution in [-0.2, 0) is 9.53 Å². The standard InChI is InChI=1S/C7H11O2/c1-6(2)7(3)4-9-5-8/h6H,3-4H2,1-2H3. The van der Waals surface area contributed by atoms with Gasteiger partial charge in [-0.1, -0.05) is 20.4 Å². The lowest BCUT2D eigenvalue weighted by molar-refractivity contribution is 0.297. The van der Waals surface area contributed by atoms with Gasteiger partial charge >= 0.3 is 6.47 Å². The van der Waals surface area contributed by atoms with Crippen LogP contribution in [0, 0.1) is 5.92 Å². The normalized spacial score (nSPS) is 9.22. The average Bonchev–Trinajstić information content (AvgIpc) is 1.82. The van der Waals surface area contributed by atoms with Crippen LogP contribution in [0.5, 0.6) is 0 Å². The summed E-state index contributed by atoms with van der Waals surface area (Å²) in [6.45, 7) is 9.32. The van der Waals surface area contributed by atoms with Crippen LogP contribution in [0.15, 0.2) is 12.2 Å². The van der Waals surface area contributed by atoms with E-state index in [9.17, 15) is 4.79 Å². The molecule has 0 aromatic rings. The summed E-state index contributed by atoms with van der Waals surface area (Å²) in [5, 5.41) is 0. The first-order chi connectivity index (χ1) is 4.18. The molecule has 2 nitrogen and oxygen atoms in total. The molecule has 9 heavy (non-hydrogen) atoms. The van der Waals surface area contributed by atoms with Gasteiger partial charge < -0.3 is 4.74 Å². The lowest BCUT2D eigenvalue weighted by Gasteiger charge is -2.05. The first-order valence-electron chi connectivity index (χ1n) is 2.85. The second-order valence-corrected chi connectivity index (χ2v) is 2.18. The summed E-state index contributed by atoms with van der Waals surface area (Å²) in [5.41, 5.74) is 0.915. The second-order valence-electron chi connectivity index (χ2n) is 2.18. The van der Waals surface area contributed by atoms with E-state index in [0.29, 0.717) is 12.5 Å². The Morgan fingerprint density at radius 1 is 1.78 bits per heavy atom. The highest BCUT2D eigenvalue weighted by Gasteiger charge is 1.98. The summed E-state index contributed by atoms with van der Waals surface area (Å²) in [6.07, 6.45) is 0. The van der Waals surface area contributed by atoms with Crippen LogP contribution in [0.25, 0.3) is 0 Å². The van der Waals surface area contributed by atoms with Gasteiger partial charge in [0, 0.05) is 0 Å². The molecule has 0 fully saturated rings. The second kappa shape index (κ2) is 4.13. The molecule has 2 heteroatoms. The third-order valence-corrected chi connectivity index (χ3v) is 1.13. The van der Waals surface area contributed by atoms with Gasteiger partial charge in [0.15, 0.2) is 0 Å². The Morgan fingerprint density at radius 2 is 2.33 bits per heavy atom. The molecular formula is C7H11O2. The minimum Gasteiger partial charge on any atom is -0.453 e. The van der Waals surface area contributed by atoms with Crippen molar-refractivity contribution in [3.05, 3.63) is 12.2 Å². The fourth-order valence-electron chi connectivity index (χ4n) is 0.289. The van der Waals surface area contributed by atoms with E-state index in [1.165, 1.54) is 6.47 Å². The Hall–Kier alpha value is -0.790. The molecule has 0 aliphatic carbocycles. The molecule has 0 bridgehead atoms. The van der Waals surface area contributed by atoms with Crippen LogP contribution < -0.4 is 0 Å². The Balaban J connectivity index is 3.38. The monoisotopic (exact) mass is 127 g/mol. The van der Waals surface area contributed by atoms with Crippen molar-refractivity contribution in [2.45, 2.75) is 13.8 Å². The van der Waals surface area contributed by atoms with E-state index in [2.05, 4.69) is 11.3 Å². The van der Waals surface area contributed by atoms with E-state index in [4.69, 9.17) is 0 Å². The Bertz CT molecular complexity index is 105. The highest BCUT2D eigenvalue weighted by Crippen LogP contribution is 2.05. The van der Waals surface area contributed by atoms with Crippen molar-refractivity contribution < 1.29 is 9.53 Å². The molecule has 0 N–H and O–H groups in total. The minimum atomic E-state index is 0.293. The van der Waals surface area contributed by atoms with Crippen LogP contribution in [-0.4, -0.2) is 13.1 Å². The van der Waals surface area contributed by atoms with Gasteiger partial charge in [-0.2, -0.15) is 0 Å². The SMILES string of the molecule is C=C(CO[C]=O)C(C)C. The lowest BCUT2D eigenvalue weighted by Crippen LogP contribution is -2.00.